The molecule has 2 atom stereocenters. The highest BCUT2D eigenvalue weighted by Crippen LogP contribution is 2.42. The number of amides is 1. The zero-order valence-corrected chi connectivity index (χ0v) is 23.1. The zero-order valence-electron chi connectivity index (χ0n) is 23.1. The molecule has 9 nitrogen and oxygen atoms in total. The van der Waals surface area contributed by atoms with Crippen molar-refractivity contribution >= 4 is 17.4 Å². The minimum absolute atomic E-state index is 0.0389. The maximum Gasteiger partial charge on any atom is 0.295 e. The third-order valence-corrected chi connectivity index (χ3v) is 7.41. The third kappa shape index (κ3) is 5.57. The Hall–Kier alpha value is -3.82. The largest absolute Gasteiger partial charge is 0.507 e. The fourth-order valence-corrected chi connectivity index (χ4v) is 5.49. The van der Waals surface area contributed by atoms with Gasteiger partial charge in [0.2, 0.25) is 0 Å². The van der Waals surface area contributed by atoms with Crippen molar-refractivity contribution in [2.45, 2.75) is 32.4 Å². The van der Waals surface area contributed by atoms with Crippen LogP contribution in [0.2, 0.25) is 0 Å². The number of ketones is 1. The van der Waals surface area contributed by atoms with Crippen molar-refractivity contribution in [1.29, 1.82) is 0 Å². The Balaban J connectivity index is 1.56. The number of aliphatic hydroxyl groups excluding tert-OH is 1. The smallest absolute Gasteiger partial charge is 0.295 e. The number of aliphatic hydroxyl groups is 1. The molecular formula is C31H36N2O7. The molecule has 0 unspecified atom stereocenters. The first kappa shape index (κ1) is 27.7. The van der Waals surface area contributed by atoms with Gasteiger partial charge in [0.25, 0.3) is 11.7 Å². The van der Waals surface area contributed by atoms with Crippen molar-refractivity contribution in [3.05, 3.63) is 71.3 Å². The molecule has 2 aromatic carbocycles. The van der Waals surface area contributed by atoms with Crippen LogP contribution < -0.4 is 14.2 Å². The van der Waals surface area contributed by atoms with Gasteiger partial charge in [-0.1, -0.05) is 18.7 Å². The highest BCUT2D eigenvalue weighted by molar-refractivity contribution is 6.46. The predicted molar refractivity (Wildman–Crippen MR) is 150 cm³/mol. The minimum Gasteiger partial charge on any atom is -0.507 e. The van der Waals surface area contributed by atoms with Crippen molar-refractivity contribution in [2.75, 3.05) is 52.6 Å². The van der Waals surface area contributed by atoms with Crippen LogP contribution in [-0.2, 0) is 20.7 Å². The number of rotatable bonds is 10. The standard InChI is InChI=1S/C31H36N2O7/c1-4-14-39-25-9-6-21(19-26(25)38-5-2)28-27(29(34)22-7-8-24-23(18-22)17-20(3)40-24)30(35)31(36)33(28)11-10-32-12-15-37-16-13-32/h4,6-9,18-20,28,34H,1,5,10-17H2,2-3H3/b29-27+/t20-,28-/m1/s1. The predicted octanol–water partition coefficient (Wildman–Crippen LogP) is 3.73. The van der Waals surface area contributed by atoms with Crippen molar-refractivity contribution in [3.8, 4) is 17.2 Å². The second kappa shape index (κ2) is 12.1. The van der Waals surface area contributed by atoms with E-state index in [2.05, 4.69) is 11.5 Å². The molecule has 5 rings (SSSR count). The van der Waals surface area contributed by atoms with Gasteiger partial charge < -0.3 is 29.0 Å². The van der Waals surface area contributed by atoms with Gasteiger partial charge in [-0.25, -0.2) is 0 Å². The van der Waals surface area contributed by atoms with Crippen LogP contribution in [-0.4, -0.2) is 85.3 Å². The molecule has 1 N–H and O–H groups in total. The van der Waals surface area contributed by atoms with Gasteiger partial charge in [0.15, 0.2) is 11.5 Å². The average molecular weight is 549 g/mol. The summed E-state index contributed by atoms with van der Waals surface area (Å²) >= 11 is 0. The first-order valence-electron chi connectivity index (χ1n) is 13.8. The molecule has 3 aliphatic rings. The number of ether oxygens (including phenoxy) is 4. The van der Waals surface area contributed by atoms with Crippen LogP contribution in [0.15, 0.2) is 54.6 Å². The van der Waals surface area contributed by atoms with Crippen molar-refractivity contribution < 1.29 is 33.6 Å². The van der Waals surface area contributed by atoms with Gasteiger partial charge in [0, 0.05) is 38.2 Å². The summed E-state index contributed by atoms with van der Waals surface area (Å²) in [6.07, 6.45) is 2.39. The van der Waals surface area contributed by atoms with E-state index in [0.29, 0.717) is 68.6 Å². The van der Waals surface area contributed by atoms with Crippen LogP contribution in [0.1, 0.15) is 36.6 Å². The lowest BCUT2D eigenvalue weighted by molar-refractivity contribution is -0.140. The molecule has 9 heteroatoms. The summed E-state index contributed by atoms with van der Waals surface area (Å²) in [7, 11) is 0. The van der Waals surface area contributed by atoms with Gasteiger partial charge >= 0.3 is 0 Å². The number of nitrogens with zero attached hydrogens (tertiary/aromatic N) is 2. The molecule has 0 spiro atoms. The van der Waals surface area contributed by atoms with Gasteiger partial charge in [0.1, 0.15) is 24.2 Å². The number of benzene rings is 2. The summed E-state index contributed by atoms with van der Waals surface area (Å²) in [5.74, 6) is 0.239. The number of Topliss-reactive ketones (excluding diaryl/α,β-unsaturated/α-hetero) is 1. The van der Waals surface area contributed by atoms with Crippen molar-refractivity contribution in [3.63, 3.8) is 0 Å². The SMILES string of the molecule is C=CCOc1ccc([C@@H]2/C(=C(\O)c3ccc4c(c3)C[C@@H](C)O4)C(=O)C(=O)N2CCN2CCOCC2)cc1OCC. The van der Waals surface area contributed by atoms with E-state index in [4.69, 9.17) is 18.9 Å². The summed E-state index contributed by atoms with van der Waals surface area (Å²) < 4.78 is 22.9. The van der Waals surface area contributed by atoms with Gasteiger partial charge in [-0.15, -0.1) is 0 Å². The maximum atomic E-state index is 13.5. The second-order valence-electron chi connectivity index (χ2n) is 10.1. The Bertz CT molecular complexity index is 1310. The summed E-state index contributed by atoms with van der Waals surface area (Å²) in [4.78, 5) is 30.8. The lowest BCUT2D eigenvalue weighted by Crippen LogP contribution is -2.42. The van der Waals surface area contributed by atoms with Crippen molar-refractivity contribution in [1.82, 2.24) is 9.80 Å². The number of hydrogen-bond acceptors (Lipinski definition) is 8. The summed E-state index contributed by atoms with van der Waals surface area (Å²) in [5, 5.41) is 11.6. The van der Waals surface area contributed by atoms with E-state index in [1.54, 1.807) is 35.2 Å². The lowest BCUT2D eigenvalue weighted by Gasteiger charge is -2.31. The molecule has 2 saturated heterocycles. The molecular weight excluding hydrogens is 512 g/mol. The molecule has 1 amide bonds. The van der Waals surface area contributed by atoms with Gasteiger partial charge in [-0.05, 0) is 55.3 Å². The Labute approximate surface area is 234 Å². The molecule has 3 heterocycles. The fraction of sp³-hybridized carbons (Fsp3) is 0.419. The van der Waals surface area contributed by atoms with E-state index in [1.165, 1.54) is 0 Å². The number of likely N-dealkylation sites (tertiary alicyclic amines) is 1. The molecule has 40 heavy (non-hydrogen) atoms. The Kier molecular flexibility index (Phi) is 8.42. The minimum atomic E-state index is -0.794. The van der Waals surface area contributed by atoms with Gasteiger partial charge in [-0.2, -0.15) is 0 Å². The molecule has 2 fully saturated rings. The number of carbonyl (C=O) groups excluding carboxylic acids is 2. The molecule has 0 aliphatic carbocycles. The first-order valence-corrected chi connectivity index (χ1v) is 13.8. The number of fused-ring (bicyclic) bond motifs is 1. The molecule has 0 saturated carbocycles. The van der Waals surface area contributed by atoms with Crippen molar-refractivity contribution in [2.24, 2.45) is 0 Å². The van der Waals surface area contributed by atoms with Gasteiger partial charge in [0.05, 0.1) is 31.4 Å². The fourth-order valence-electron chi connectivity index (χ4n) is 5.49. The molecule has 0 radical (unpaired) electrons. The Morgan fingerprint density at radius 2 is 1.90 bits per heavy atom. The molecule has 0 aromatic heterocycles. The molecule has 2 aromatic rings. The zero-order chi connectivity index (χ0) is 28.2. The average Bonchev–Trinajstić information content (AvgIpc) is 3.46. The quantitative estimate of drug-likeness (QED) is 0.208. The van der Waals surface area contributed by atoms with E-state index in [1.807, 2.05) is 26.0 Å². The topological polar surface area (TPSA) is 97.8 Å². The highest BCUT2D eigenvalue weighted by atomic mass is 16.5. The van der Waals surface area contributed by atoms with Crippen LogP contribution in [0, 0.1) is 0 Å². The van der Waals surface area contributed by atoms with Crippen LogP contribution in [0.5, 0.6) is 17.2 Å². The molecule has 3 aliphatic heterocycles. The van der Waals surface area contributed by atoms with Gasteiger partial charge in [-0.3, -0.25) is 14.5 Å². The third-order valence-electron chi connectivity index (χ3n) is 7.41. The monoisotopic (exact) mass is 548 g/mol. The number of carbonyl (C=O) groups is 2. The van der Waals surface area contributed by atoms with E-state index in [0.717, 1.165) is 24.4 Å². The second-order valence-corrected chi connectivity index (χ2v) is 10.1. The van der Waals surface area contributed by atoms with E-state index in [9.17, 15) is 14.7 Å². The normalized spacial score (nSPS) is 22.2. The number of hydrogen-bond donors (Lipinski definition) is 1. The van der Waals surface area contributed by atoms with E-state index >= 15 is 0 Å². The number of morpholine rings is 1. The van der Waals surface area contributed by atoms with Crippen LogP contribution in [0.3, 0.4) is 0 Å². The Morgan fingerprint density at radius 3 is 2.65 bits per heavy atom. The van der Waals surface area contributed by atoms with Crippen LogP contribution >= 0.6 is 0 Å². The van der Waals surface area contributed by atoms with E-state index in [-0.39, 0.29) is 17.4 Å². The summed E-state index contributed by atoms with van der Waals surface area (Å²) in [6, 6.07) is 9.93. The molecule has 212 valence electrons. The van der Waals surface area contributed by atoms with Crippen LogP contribution in [0.4, 0.5) is 0 Å². The lowest BCUT2D eigenvalue weighted by atomic mass is 9.94. The maximum absolute atomic E-state index is 13.5. The highest BCUT2D eigenvalue weighted by Gasteiger charge is 2.46. The Morgan fingerprint density at radius 1 is 1.10 bits per heavy atom. The summed E-state index contributed by atoms with van der Waals surface area (Å²) in [6.45, 7) is 11.9. The molecule has 0 bridgehead atoms. The summed E-state index contributed by atoms with van der Waals surface area (Å²) in [5.41, 5.74) is 2.14. The van der Waals surface area contributed by atoms with E-state index < -0.39 is 17.7 Å². The first-order chi connectivity index (χ1) is 19.4. The van der Waals surface area contributed by atoms with Crippen LogP contribution in [0.25, 0.3) is 5.76 Å².